The van der Waals surface area contributed by atoms with Crippen LogP contribution in [-0.2, 0) is 0 Å². The molecule has 166 valence electrons. The molecule has 0 spiro atoms. The molecule has 0 bridgehead atoms. The maximum atomic E-state index is 3.83. The van der Waals surface area contributed by atoms with Gasteiger partial charge in [0.1, 0.15) is 0 Å². The molecule has 0 aromatic rings. The summed E-state index contributed by atoms with van der Waals surface area (Å²) in [4.78, 5) is 2.65. The van der Waals surface area contributed by atoms with Crippen LogP contribution in [0, 0.1) is 0 Å². The highest BCUT2D eigenvalue weighted by atomic mass is 15.3. The molecular formula is C24H50N4. The fourth-order valence-electron chi connectivity index (χ4n) is 6.00. The van der Waals surface area contributed by atoms with Gasteiger partial charge in [0, 0.05) is 41.3 Å². The van der Waals surface area contributed by atoms with E-state index in [1.807, 2.05) is 0 Å². The summed E-state index contributed by atoms with van der Waals surface area (Å²) < 4.78 is 0. The van der Waals surface area contributed by atoms with Gasteiger partial charge in [-0.15, -0.1) is 0 Å². The molecule has 2 heterocycles. The van der Waals surface area contributed by atoms with Gasteiger partial charge in [-0.1, -0.05) is 12.8 Å². The average molecular weight is 395 g/mol. The van der Waals surface area contributed by atoms with Crippen molar-refractivity contribution in [3.8, 4) is 0 Å². The van der Waals surface area contributed by atoms with Gasteiger partial charge in [-0.2, -0.15) is 0 Å². The number of likely N-dealkylation sites (tertiary alicyclic amines) is 1. The predicted molar refractivity (Wildman–Crippen MR) is 123 cm³/mol. The molecular weight excluding hydrogens is 344 g/mol. The fraction of sp³-hybridized carbons (Fsp3) is 1.00. The van der Waals surface area contributed by atoms with Gasteiger partial charge < -0.3 is 16.0 Å². The third-order valence-electron chi connectivity index (χ3n) is 6.72. The largest absolute Gasteiger partial charge is 0.314 e. The zero-order valence-corrected chi connectivity index (χ0v) is 20.3. The highest BCUT2D eigenvalue weighted by molar-refractivity contribution is 4.99. The number of hydrogen-bond donors (Lipinski definition) is 3. The van der Waals surface area contributed by atoms with Crippen molar-refractivity contribution < 1.29 is 0 Å². The SMILES string of the molecule is CC(C)N1CC(NCCCCCCNC2CC(C)(C)NC(C)(C)C2)CC1(C)C. The van der Waals surface area contributed by atoms with E-state index in [1.54, 1.807) is 0 Å². The normalized spacial score (nSPS) is 27.5. The van der Waals surface area contributed by atoms with E-state index in [-0.39, 0.29) is 11.1 Å². The Kier molecular flexibility index (Phi) is 8.41. The van der Waals surface area contributed by atoms with Crippen LogP contribution in [0.5, 0.6) is 0 Å². The van der Waals surface area contributed by atoms with E-state index in [0.717, 1.165) is 0 Å². The van der Waals surface area contributed by atoms with Gasteiger partial charge in [-0.05, 0) is 101 Å². The van der Waals surface area contributed by atoms with E-state index in [9.17, 15) is 0 Å². The summed E-state index contributed by atoms with van der Waals surface area (Å²) >= 11 is 0. The minimum Gasteiger partial charge on any atom is -0.314 e. The van der Waals surface area contributed by atoms with Crippen molar-refractivity contribution in [2.24, 2.45) is 0 Å². The minimum absolute atomic E-state index is 0.241. The van der Waals surface area contributed by atoms with Gasteiger partial charge in [0.15, 0.2) is 0 Å². The Morgan fingerprint density at radius 3 is 1.75 bits per heavy atom. The molecule has 1 atom stereocenters. The highest BCUT2D eigenvalue weighted by Crippen LogP contribution is 2.30. The first-order valence-corrected chi connectivity index (χ1v) is 11.9. The molecule has 3 N–H and O–H groups in total. The minimum atomic E-state index is 0.241. The molecule has 2 saturated heterocycles. The Morgan fingerprint density at radius 1 is 0.786 bits per heavy atom. The number of hydrogen-bond acceptors (Lipinski definition) is 4. The Balaban J connectivity index is 1.51. The van der Waals surface area contributed by atoms with Gasteiger partial charge in [0.05, 0.1) is 0 Å². The quantitative estimate of drug-likeness (QED) is 0.483. The number of piperidine rings is 1. The van der Waals surface area contributed by atoms with E-state index in [1.165, 1.54) is 64.6 Å². The number of rotatable bonds is 10. The van der Waals surface area contributed by atoms with E-state index in [2.05, 4.69) is 76.2 Å². The number of nitrogens with zero attached hydrogens (tertiary/aromatic N) is 1. The summed E-state index contributed by atoms with van der Waals surface area (Å²) in [5, 5.41) is 11.4. The van der Waals surface area contributed by atoms with Gasteiger partial charge in [0.25, 0.3) is 0 Å². The first-order chi connectivity index (χ1) is 12.9. The van der Waals surface area contributed by atoms with Crippen LogP contribution in [0.4, 0.5) is 0 Å². The van der Waals surface area contributed by atoms with E-state index < -0.39 is 0 Å². The van der Waals surface area contributed by atoms with Gasteiger partial charge >= 0.3 is 0 Å². The summed E-state index contributed by atoms with van der Waals surface area (Å²) in [6, 6.07) is 1.97. The molecule has 0 aromatic carbocycles. The van der Waals surface area contributed by atoms with Crippen LogP contribution in [-0.4, -0.2) is 59.3 Å². The summed E-state index contributed by atoms with van der Waals surface area (Å²) in [7, 11) is 0. The first kappa shape index (κ1) is 24.1. The Hall–Kier alpha value is -0.160. The lowest BCUT2D eigenvalue weighted by atomic mass is 9.79. The summed E-state index contributed by atoms with van der Waals surface area (Å²) in [6.45, 7) is 22.3. The van der Waals surface area contributed by atoms with Crippen molar-refractivity contribution >= 4 is 0 Å². The number of unbranched alkanes of at least 4 members (excludes halogenated alkanes) is 3. The zero-order valence-electron chi connectivity index (χ0n) is 20.3. The fourth-order valence-corrected chi connectivity index (χ4v) is 6.00. The Labute approximate surface area is 176 Å². The monoisotopic (exact) mass is 394 g/mol. The Morgan fingerprint density at radius 2 is 1.29 bits per heavy atom. The highest BCUT2D eigenvalue weighted by Gasteiger charge is 2.39. The molecule has 4 heteroatoms. The molecule has 28 heavy (non-hydrogen) atoms. The lowest BCUT2D eigenvalue weighted by Gasteiger charge is -2.46. The first-order valence-electron chi connectivity index (χ1n) is 11.9. The molecule has 0 aliphatic carbocycles. The maximum Gasteiger partial charge on any atom is 0.0212 e. The van der Waals surface area contributed by atoms with Crippen LogP contribution >= 0.6 is 0 Å². The van der Waals surface area contributed by atoms with Crippen LogP contribution in [0.15, 0.2) is 0 Å². The second kappa shape index (κ2) is 9.76. The third-order valence-corrected chi connectivity index (χ3v) is 6.72. The van der Waals surface area contributed by atoms with Crippen molar-refractivity contribution in [3.63, 3.8) is 0 Å². The molecule has 2 aliphatic heterocycles. The van der Waals surface area contributed by atoms with Crippen molar-refractivity contribution in [1.29, 1.82) is 0 Å². The Bertz CT molecular complexity index is 453. The lowest BCUT2D eigenvalue weighted by molar-refractivity contribution is 0.134. The number of nitrogens with one attached hydrogen (secondary N) is 3. The summed E-state index contributed by atoms with van der Waals surface area (Å²) in [5.41, 5.74) is 0.825. The second-order valence-corrected chi connectivity index (χ2v) is 11.8. The molecule has 2 aliphatic rings. The molecule has 0 aromatic heterocycles. The molecule has 0 radical (unpaired) electrons. The second-order valence-electron chi connectivity index (χ2n) is 11.8. The topological polar surface area (TPSA) is 39.3 Å². The van der Waals surface area contributed by atoms with Crippen molar-refractivity contribution in [1.82, 2.24) is 20.9 Å². The molecule has 2 rings (SSSR count). The van der Waals surface area contributed by atoms with Gasteiger partial charge in [-0.25, -0.2) is 0 Å². The molecule has 0 amide bonds. The average Bonchev–Trinajstić information content (AvgIpc) is 2.81. The molecule has 2 fully saturated rings. The lowest BCUT2D eigenvalue weighted by Crippen LogP contribution is -2.61. The van der Waals surface area contributed by atoms with E-state index >= 15 is 0 Å². The van der Waals surface area contributed by atoms with Crippen LogP contribution < -0.4 is 16.0 Å². The smallest absolute Gasteiger partial charge is 0.0212 e. The van der Waals surface area contributed by atoms with Crippen LogP contribution in [0.2, 0.25) is 0 Å². The molecule has 1 unspecified atom stereocenters. The van der Waals surface area contributed by atoms with Crippen molar-refractivity contribution in [3.05, 3.63) is 0 Å². The van der Waals surface area contributed by atoms with Crippen LogP contribution in [0.25, 0.3) is 0 Å². The van der Waals surface area contributed by atoms with Crippen LogP contribution in [0.1, 0.15) is 100 Å². The summed E-state index contributed by atoms with van der Waals surface area (Å²) in [5.74, 6) is 0. The van der Waals surface area contributed by atoms with Crippen LogP contribution in [0.3, 0.4) is 0 Å². The predicted octanol–water partition coefficient (Wildman–Crippen LogP) is 4.30. The van der Waals surface area contributed by atoms with Gasteiger partial charge in [0.2, 0.25) is 0 Å². The third kappa shape index (κ3) is 7.59. The summed E-state index contributed by atoms with van der Waals surface area (Å²) in [6.07, 6.45) is 9.05. The van der Waals surface area contributed by atoms with E-state index in [0.29, 0.717) is 23.7 Å². The maximum absolute atomic E-state index is 3.83. The standard InChI is InChI=1S/C24H50N4/c1-19(2)28-18-21(17-24(28,7)8)26-14-12-10-9-11-13-25-20-15-22(3,4)27-23(5,6)16-20/h19-21,25-27H,9-18H2,1-8H3. The molecule has 0 saturated carbocycles. The zero-order chi connectivity index (χ0) is 21.0. The van der Waals surface area contributed by atoms with E-state index in [4.69, 9.17) is 0 Å². The van der Waals surface area contributed by atoms with Crippen molar-refractivity contribution in [2.45, 2.75) is 135 Å². The molecule has 4 nitrogen and oxygen atoms in total. The van der Waals surface area contributed by atoms with Crippen molar-refractivity contribution in [2.75, 3.05) is 19.6 Å². The van der Waals surface area contributed by atoms with Gasteiger partial charge in [-0.3, -0.25) is 4.90 Å².